The van der Waals surface area contributed by atoms with Crippen molar-refractivity contribution < 1.29 is 8.42 Å². The molecule has 4 aromatic rings. The molecule has 29 heavy (non-hydrogen) atoms. The quantitative estimate of drug-likeness (QED) is 0.514. The minimum absolute atomic E-state index is 0.0715. The number of aromatic nitrogens is 2. The van der Waals surface area contributed by atoms with Gasteiger partial charge >= 0.3 is 0 Å². The Morgan fingerprint density at radius 3 is 2.00 bits per heavy atom. The third-order valence-electron chi connectivity index (χ3n) is 4.47. The summed E-state index contributed by atoms with van der Waals surface area (Å²) in [7, 11) is -3.74. The molecule has 3 aromatic carbocycles. The van der Waals surface area contributed by atoms with Crippen molar-refractivity contribution in [1.82, 2.24) is 9.97 Å². The van der Waals surface area contributed by atoms with Gasteiger partial charge < -0.3 is 4.98 Å². The fourth-order valence-corrected chi connectivity index (χ4v) is 3.55. The van der Waals surface area contributed by atoms with Crippen LogP contribution >= 0.6 is 0 Å². The summed E-state index contributed by atoms with van der Waals surface area (Å²) in [6.45, 7) is 0. The standard InChI is InChI=1S/C23H19N3O2S/c24-29(27,28)20-14-12-19(13-15-20)23-22(18-9-5-2-6-10-18)25-21(26-23)16-11-17-7-3-1-4-8-17/h1-16H,(H,25,26)(H2,24,27,28). The summed E-state index contributed by atoms with van der Waals surface area (Å²) in [5.74, 6) is 0.707. The Bertz CT molecular complexity index is 1240. The smallest absolute Gasteiger partial charge is 0.238 e. The van der Waals surface area contributed by atoms with Gasteiger partial charge in [-0.3, -0.25) is 0 Å². The Kier molecular flexibility index (Phi) is 5.12. The van der Waals surface area contributed by atoms with Crippen molar-refractivity contribution in [1.29, 1.82) is 0 Å². The van der Waals surface area contributed by atoms with Crippen molar-refractivity contribution in [2.75, 3.05) is 0 Å². The van der Waals surface area contributed by atoms with Gasteiger partial charge in [-0.25, -0.2) is 18.5 Å². The van der Waals surface area contributed by atoms with Crippen LogP contribution < -0.4 is 5.14 Å². The maximum atomic E-state index is 11.5. The predicted octanol–water partition coefficient (Wildman–Crippen LogP) is 4.56. The topological polar surface area (TPSA) is 88.8 Å². The number of benzene rings is 3. The highest BCUT2D eigenvalue weighted by molar-refractivity contribution is 7.89. The van der Waals surface area contributed by atoms with E-state index in [0.717, 1.165) is 28.1 Å². The Hall–Kier alpha value is -3.48. The highest BCUT2D eigenvalue weighted by atomic mass is 32.2. The van der Waals surface area contributed by atoms with E-state index < -0.39 is 10.0 Å². The number of sulfonamides is 1. The van der Waals surface area contributed by atoms with Crippen molar-refractivity contribution in [3.8, 4) is 22.5 Å². The highest BCUT2D eigenvalue weighted by Gasteiger charge is 2.14. The molecular formula is C23H19N3O2S. The van der Waals surface area contributed by atoms with Crippen LogP contribution in [0.25, 0.3) is 34.7 Å². The summed E-state index contributed by atoms with van der Waals surface area (Å²) in [4.78, 5) is 8.18. The number of primary sulfonamides is 1. The summed E-state index contributed by atoms with van der Waals surface area (Å²) in [6.07, 6.45) is 3.91. The molecule has 0 unspecified atom stereocenters. The fraction of sp³-hybridized carbons (Fsp3) is 0. The van der Waals surface area contributed by atoms with Crippen LogP contribution in [-0.4, -0.2) is 18.4 Å². The van der Waals surface area contributed by atoms with Crippen molar-refractivity contribution in [3.63, 3.8) is 0 Å². The molecule has 144 valence electrons. The molecule has 4 rings (SSSR count). The number of imidazole rings is 1. The second kappa shape index (κ2) is 7.87. The minimum atomic E-state index is -3.74. The van der Waals surface area contributed by atoms with E-state index in [2.05, 4.69) is 4.98 Å². The molecule has 6 heteroatoms. The molecule has 0 aliphatic rings. The average molecular weight is 401 g/mol. The van der Waals surface area contributed by atoms with Gasteiger partial charge in [-0.15, -0.1) is 0 Å². The Morgan fingerprint density at radius 2 is 1.38 bits per heavy atom. The Labute approximate surface area is 169 Å². The molecule has 0 fully saturated rings. The Morgan fingerprint density at radius 1 is 0.759 bits per heavy atom. The van der Waals surface area contributed by atoms with Gasteiger partial charge in [0.2, 0.25) is 10.0 Å². The normalized spacial score (nSPS) is 11.8. The maximum absolute atomic E-state index is 11.5. The summed E-state index contributed by atoms with van der Waals surface area (Å²) in [6, 6.07) is 26.3. The van der Waals surface area contributed by atoms with Gasteiger partial charge in [-0.1, -0.05) is 78.9 Å². The molecule has 1 aromatic heterocycles. The molecule has 1 heterocycles. The summed E-state index contributed by atoms with van der Waals surface area (Å²) < 4.78 is 23.1. The van der Waals surface area contributed by atoms with Gasteiger partial charge in [0, 0.05) is 11.1 Å². The molecule has 0 amide bonds. The lowest BCUT2D eigenvalue weighted by molar-refractivity contribution is 0.598. The molecule has 0 aliphatic heterocycles. The lowest BCUT2D eigenvalue weighted by atomic mass is 10.1. The molecular weight excluding hydrogens is 382 g/mol. The summed E-state index contributed by atoms with van der Waals surface area (Å²) >= 11 is 0. The van der Waals surface area contributed by atoms with Crippen molar-refractivity contribution in [3.05, 3.63) is 96.3 Å². The number of hydrogen-bond donors (Lipinski definition) is 2. The van der Waals surface area contributed by atoms with Crippen molar-refractivity contribution in [2.45, 2.75) is 4.90 Å². The monoisotopic (exact) mass is 401 g/mol. The van der Waals surface area contributed by atoms with E-state index in [-0.39, 0.29) is 4.90 Å². The zero-order valence-corrected chi connectivity index (χ0v) is 16.3. The van der Waals surface area contributed by atoms with Gasteiger partial charge in [0.15, 0.2) is 0 Å². The van der Waals surface area contributed by atoms with Gasteiger partial charge in [-0.2, -0.15) is 0 Å². The number of nitrogens with zero attached hydrogens (tertiary/aromatic N) is 1. The van der Waals surface area contributed by atoms with Crippen LogP contribution in [0.4, 0.5) is 0 Å². The van der Waals surface area contributed by atoms with Gasteiger partial charge in [-0.05, 0) is 23.8 Å². The predicted molar refractivity (Wildman–Crippen MR) is 116 cm³/mol. The zero-order valence-electron chi connectivity index (χ0n) is 15.5. The van der Waals surface area contributed by atoms with Crippen LogP contribution in [0.5, 0.6) is 0 Å². The number of nitrogens with one attached hydrogen (secondary N) is 1. The molecule has 0 saturated carbocycles. The Balaban J connectivity index is 1.77. The summed E-state index contributed by atoms with van der Waals surface area (Å²) in [5.41, 5.74) is 4.47. The SMILES string of the molecule is NS(=O)(=O)c1ccc(-c2nc(C=Cc3ccccc3)[nH]c2-c2ccccc2)cc1. The lowest BCUT2D eigenvalue weighted by Crippen LogP contribution is -2.11. The third-order valence-corrected chi connectivity index (χ3v) is 5.40. The first-order chi connectivity index (χ1) is 14.0. The van der Waals surface area contributed by atoms with Gasteiger partial charge in [0.05, 0.1) is 16.3 Å². The first-order valence-corrected chi connectivity index (χ1v) is 10.6. The largest absolute Gasteiger partial charge is 0.338 e. The van der Waals surface area contributed by atoms with Gasteiger partial charge in [0.1, 0.15) is 5.82 Å². The molecule has 0 radical (unpaired) electrons. The average Bonchev–Trinajstić information content (AvgIpc) is 3.17. The first kappa shape index (κ1) is 18.9. The van der Waals surface area contributed by atoms with Crippen LogP contribution in [0.2, 0.25) is 0 Å². The van der Waals surface area contributed by atoms with E-state index in [4.69, 9.17) is 10.1 Å². The van der Waals surface area contributed by atoms with E-state index in [1.165, 1.54) is 12.1 Å². The van der Waals surface area contributed by atoms with Crippen LogP contribution in [0.1, 0.15) is 11.4 Å². The van der Waals surface area contributed by atoms with E-state index in [1.54, 1.807) is 12.1 Å². The van der Waals surface area contributed by atoms with Crippen molar-refractivity contribution >= 4 is 22.2 Å². The molecule has 0 atom stereocenters. The van der Waals surface area contributed by atoms with E-state index in [9.17, 15) is 8.42 Å². The molecule has 5 nitrogen and oxygen atoms in total. The zero-order chi connectivity index (χ0) is 20.3. The number of hydrogen-bond acceptors (Lipinski definition) is 3. The highest BCUT2D eigenvalue weighted by Crippen LogP contribution is 2.31. The van der Waals surface area contributed by atoms with Crippen molar-refractivity contribution in [2.24, 2.45) is 5.14 Å². The number of H-pyrrole nitrogens is 1. The second-order valence-corrected chi connectivity index (χ2v) is 8.09. The lowest BCUT2D eigenvalue weighted by Gasteiger charge is -2.04. The number of rotatable bonds is 5. The van der Waals surface area contributed by atoms with Crippen LogP contribution in [0, 0.1) is 0 Å². The van der Waals surface area contributed by atoms with E-state index in [0.29, 0.717) is 5.82 Å². The van der Waals surface area contributed by atoms with Crippen LogP contribution in [-0.2, 0) is 10.0 Å². The molecule has 0 spiro atoms. The van der Waals surface area contributed by atoms with E-state index in [1.807, 2.05) is 72.8 Å². The molecule has 0 saturated heterocycles. The van der Waals surface area contributed by atoms with E-state index >= 15 is 0 Å². The molecule has 3 N–H and O–H groups in total. The first-order valence-electron chi connectivity index (χ1n) is 9.02. The number of nitrogens with two attached hydrogens (primary N) is 1. The maximum Gasteiger partial charge on any atom is 0.238 e. The van der Waals surface area contributed by atoms with Crippen LogP contribution in [0.3, 0.4) is 0 Å². The summed E-state index contributed by atoms with van der Waals surface area (Å²) in [5, 5.41) is 5.21. The second-order valence-electron chi connectivity index (χ2n) is 6.53. The molecule has 0 aliphatic carbocycles. The molecule has 0 bridgehead atoms. The van der Waals surface area contributed by atoms with Crippen LogP contribution in [0.15, 0.2) is 89.8 Å². The third kappa shape index (κ3) is 4.34. The fourth-order valence-electron chi connectivity index (χ4n) is 3.03. The minimum Gasteiger partial charge on any atom is -0.338 e. The number of aromatic amines is 1. The van der Waals surface area contributed by atoms with Gasteiger partial charge in [0.25, 0.3) is 0 Å².